The fraction of sp³-hybridized carbons (Fsp3) is 0.286. The van der Waals surface area contributed by atoms with E-state index in [-0.39, 0.29) is 18.3 Å². The van der Waals surface area contributed by atoms with E-state index in [9.17, 15) is 9.59 Å². The Morgan fingerprint density at radius 3 is 2.53 bits per heavy atom. The number of benzene rings is 1. The van der Waals surface area contributed by atoms with Gasteiger partial charge >= 0.3 is 5.97 Å². The summed E-state index contributed by atoms with van der Waals surface area (Å²) in [6, 6.07) is 7.15. The average molecular weight is 282 g/mol. The van der Waals surface area contributed by atoms with Gasteiger partial charge in [0, 0.05) is 24.7 Å². The number of esters is 1. The molecule has 5 heteroatoms. The lowest BCUT2D eigenvalue weighted by molar-refractivity contribution is -0.141. The second-order valence-electron chi connectivity index (χ2n) is 3.97. The van der Waals surface area contributed by atoms with Crippen LogP contribution in [0.4, 0.5) is 0 Å². The number of likely N-dealkylation sites (N-methyl/N-ethyl adjacent to an activating group) is 1. The first-order valence-corrected chi connectivity index (χ1v) is 6.16. The highest BCUT2D eigenvalue weighted by Gasteiger charge is 2.07. The third-order valence-corrected chi connectivity index (χ3v) is 2.80. The monoisotopic (exact) mass is 281 g/mol. The van der Waals surface area contributed by atoms with Gasteiger partial charge in [-0.15, -0.1) is 0 Å². The SMILES string of the molecule is COC(=O)CCN(C)C(=O)/C=C/c1ccc(Cl)cc1. The molecule has 0 unspecified atom stereocenters. The minimum atomic E-state index is -0.332. The number of amides is 1. The van der Waals surface area contributed by atoms with E-state index in [4.69, 9.17) is 11.6 Å². The lowest BCUT2D eigenvalue weighted by Gasteiger charge is -2.13. The van der Waals surface area contributed by atoms with Crippen LogP contribution in [-0.2, 0) is 14.3 Å². The molecule has 102 valence electrons. The molecule has 1 amide bonds. The van der Waals surface area contributed by atoms with Crippen LogP contribution in [0.15, 0.2) is 30.3 Å². The summed E-state index contributed by atoms with van der Waals surface area (Å²) in [4.78, 5) is 24.2. The molecule has 0 saturated carbocycles. The van der Waals surface area contributed by atoms with E-state index in [1.54, 1.807) is 25.3 Å². The molecule has 19 heavy (non-hydrogen) atoms. The summed E-state index contributed by atoms with van der Waals surface area (Å²) in [5, 5.41) is 0.652. The van der Waals surface area contributed by atoms with Crippen LogP contribution in [0.1, 0.15) is 12.0 Å². The van der Waals surface area contributed by atoms with Gasteiger partial charge in [-0.1, -0.05) is 23.7 Å². The molecule has 0 spiro atoms. The number of ether oxygens (including phenoxy) is 1. The van der Waals surface area contributed by atoms with Crippen molar-refractivity contribution in [2.75, 3.05) is 20.7 Å². The van der Waals surface area contributed by atoms with E-state index in [1.165, 1.54) is 18.1 Å². The standard InChI is InChI=1S/C14H16ClNO3/c1-16(10-9-14(18)19-2)13(17)8-5-11-3-6-12(15)7-4-11/h3-8H,9-10H2,1-2H3/b8-5+. The molecular weight excluding hydrogens is 266 g/mol. The maximum Gasteiger partial charge on any atom is 0.307 e. The van der Waals surface area contributed by atoms with Crippen LogP contribution in [0, 0.1) is 0 Å². The third kappa shape index (κ3) is 5.57. The average Bonchev–Trinajstić information content (AvgIpc) is 2.43. The van der Waals surface area contributed by atoms with Gasteiger partial charge in [0.15, 0.2) is 0 Å². The molecule has 0 heterocycles. The van der Waals surface area contributed by atoms with Crippen LogP contribution in [-0.4, -0.2) is 37.5 Å². The van der Waals surface area contributed by atoms with Gasteiger partial charge in [0.25, 0.3) is 0 Å². The molecule has 0 radical (unpaired) electrons. The van der Waals surface area contributed by atoms with Crippen molar-refractivity contribution in [2.45, 2.75) is 6.42 Å². The first kappa shape index (κ1) is 15.2. The number of methoxy groups -OCH3 is 1. The molecule has 1 rings (SSSR count). The molecule has 1 aromatic rings. The van der Waals surface area contributed by atoms with E-state index in [1.807, 2.05) is 12.1 Å². The van der Waals surface area contributed by atoms with Gasteiger partial charge in [-0.2, -0.15) is 0 Å². The molecule has 0 aliphatic rings. The highest BCUT2D eigenvalue weighted by molar-refractivity contribution is 6.30. The van der Waals surface area contributed by atoms with E-state index < -0.39 is 0 Å². The molecular formula is C14H16ClNO3. The minimum absolute atomic E-state index is 0.168. The second-order valence-corrected chi connectivity index (χ2v) is 4.41. The van der Waals surface area contributed by atoms with Crippen LogP contribution in [0.25, 0.3) is 6.08 Å². The Labute approximate surface area is 117 Å². The summed E-state index contributed by atoms with van der Waals surface area (Å²) in [6.07, 6.45) is 3.35. The van der Waals surface area contributed by atoms with Crippen molar-refractivity contribution in [2.24, 2.45) is 0 Å². The van der Waals surface area contributed by atoms with E-state index >= 15 is 0 Å². The Bertz CT molecular complexity index is 468. The van der Waals surface area contributed by atoms with Gasteiger partial charge in [0.2, 0.25) is 5.91 Å². The number of carbonyl (C=O) groups excluding carboxylic acids is 2. The molecule has 0 atom stereocenters. The zero-order chi connectivity index (χ0) is 14.3. The molecule has 0 aromatic heterocycles. The molecule has 0 bridgehead atoms. The minimum Gasteiger partial charge on any atom is -0.469 e. The summed E-state index contributed by atoms with van der Waals surface area (Å²) in [7, 11) is 2.96. The van der Waals surface area contributed by atoms with E-state index in [0.29, 0.717) is 11.6 Å². The van der Waals surface area contributed by atoms with Crippen molar-refractivity contribution in [3.05, 3.63) is 40.9 Å². The molecule has 0 fully saturated rings. The quantitative estimate of drug-likeness (QED) is 0.615. The fourth-order valence-corrected chi connectivity index (χ4v) is 1.47. The summed E-state index contributed by atoms with van der Waals surface area (Å²) in [5.74, 6) is -0.500. The van der Waals surface area contributed by atoms with Crippen molar-refractivity contribution in [1.29, 1.82) is 0 Å². The van der Waals surface area contributed by atoms with Crippen molar-refractivity contribution >= 4 is 29.6 Å². The molecule has 1 aromatic carbocycles. The number of carbonyl (C=O) groups is 2. The Hall–Kier alpha value is -1.81. The van der Waals surface area contributed by atoms with Gasteiger partial charge < -0.3 is 9.64 Å². The Balaban J connectivity index is 2.49. The molecule has 0 saturated heterocycles. The maximum absolute atomic E-state index is 11.7. The lowest BCUT2D eigenvalue weighted by atomic mass is 10.2. The van der Waals surface area contributed by atoms with Gasteiger partial charge in [0.05, 0.1) is 13.5 Å². The molecule has 4 nitrogen and oxygen atoms in total. The first-order valence-electron chi connectivity index (χ1n) is 5.78. The summed E-state index contributed by atoms with van der Waals surface area (Å²) in [6.45, 7) is 0.330. The van der Waals surface area contributed by atoms with Gasteiger partial charge in [-0.25, -0.2) is 0 Å². The predicted octanol–water partition coefficient (Wildman–Crippen LogP) is 2.37. The predicted molar refractivity (Wildman–Crippen MR) is 74.8 cm³/mol. The van der Waals surface area contributed by atoms with Gasteiger partial charge in [-0.05, 0) is 23.8 Å². The number of hydrogen-bond acceptors (Lipinski definition) is 3. The molecule has 0 aliphatic carbocycles. The zero-order valence-electron chi connectivity index (χ0n) is 10.9. The van der Waals surface area contributed by atoms with Crippen LogP contribution in [0.2, 0.25) is 5.02 Å². The van der Waals surface area contributed by atoms with Gasteiger partial charge in [0.1, 0.15) is 0 Å². The number of rotatable bonds is 5. The number of nitrogens with zero attached hydrogens (tertiary/aromatic N) is 1. The first-order chi connectivity index (χ1) is 9.02. The van der Waals surface area contributed by atoms with Crippen molar-refractivity contribution < 1.29 is 14.3 Å². The van der Waals surface area contributed by atoms with Gasteiger partial charge in [-0.3, -0.25) is 9.59 Å². The number of hydrogen-bond donors (Lipinski definition) is 0. The number of halogens is 1. The van der Waals surface area contributed by atoms with Crippen LogP contribution >= 0.6 is 11.6 Å². The largest absolute Gasteiger partial charge is 0.469 e. The summed E-state index contributed by atoms with van der Waals surface area (Å²) < 4.78 is 4.51. The highest BCUT2D eigenvalue weighted by Crippen LogP contribution is 2.10. The van der Waals surface area contributed by atoms with E-state index in [2.05, 4.69) is 4.74 Å². The Morgan fingerprint density at radius 1 is 1.32 bits per heavy atom. The fourth-order valence-electron chi connectivity index (χ4n) is 1.34. The van der Waals surface area contributed by atoms with Crippen LogP contribution in [0.3, 0.4) is 0 Å². The third-order valence-electron chi connectivity index (χ3n) is 2.54. The summed E-state index contributed by atoms with van der Waals surface area (Å²) in [5.41, 5.74) is 0.888. The highest BCUT2D eigenvalue weighted by atomic mass is 35.5. The smallest absolute Gasteiger partial charge is 0.307 e. The van der Waals surface area contributed by atoms with Crippen molar-refractivity contribution in [3.63, 3.8) is 0 Å². The zero-order valence-corrected chi connectivity index (χ0v) is 11.7. The normalized spacial score (nSPS) is 10.5. The summed E-state index contributed by atoms with van der Waals surface area (Å²) >= 11 is 5.77. The molecule has 0 N–H and O–H groups in total. The van der Waals surface area contributed by atoms with Crippen molar-refractivity contribution in [3.8, 4) is 0 Å². The van der Waals surface area contributed by atoms with Crippen LogP contribution < -0.4 is 0 Å². The molecule has 0 aliphatic heterocycles. The lowest BCUT2D eigenvalue weighted by Crippen LogP contribution is -2.27. The second kappa shape index (κ2) is 7.59. The van der Waals surface area contributed by atoms with E-state index in [0.717, 1.165) is 5.56 Å². The maximum atomic E-state index is 11.7. The Morgan fingerprint density at radius 2 is 1.95 bits per heavy atom. The topological polar surface area (TPSA) is 46.6 Å². The van der Waals surface area contributed by atoms with Crippen LogP contribution in [0.5, 0.6) is 0 Å². The van der Waals surface area contributed by atoms with Crippen molar-refractivity contribution in [1.82, 2.24) is 4.90 Å². The Kier molecular flexibility index (Phi) is 6.09.